The second-order valence-electron chi connectivity index (χ2n) is 8.79. The number of rotatable bonds is 7. The topological polar surface area (TPSA) is 79.5 Å². The Morgan fingerprint density at radius 2 is 1.69 bits per heavy atom. The van der Waals surface area contributed by atoms with Gasteiger partial charge in [-0.1, -0.05) is 30.3 Å². The second-order valence-corrected chi connectivity index (χ2v) is 8.79. The van der Waals surface area contributed by atoms with Gasteiger partial charge in [0, 0.05) is 61.1 Å². The van der Waals surface area contributed by atoms with Gasteiger partial charge in [0.15, 0.2) is 0 Å². The summed E-state index contributed by atoms with van der Waals surface area (Å²) >= 11 is 0. The molecule has 1 saturated heterocycles. The van der Waals surface area contributed by atoms with Crippen LogP contribution < -0.4 is 20.7 Å². The summed E-state index contributed by atoms with van der Waals surface area (Å²) in [6.45, 7) is 4.75. The molecular weight excluding hydrogens is 436 g/mol. The minimum absolute atomic E-state index is 0.477. The van der Waals surface area contributed by atoms with Crippen LogP contribution in [0, 0.1) is 0 Å². The number of piperazine rings is 1. The van der Waals surface area contributed by atoms with Gasteiger partial charge in [-0.3, -0.25) is 0 Å². The number of nitrogen functional groups attached to an aromatic ring is 1. The summed E-state index contributed by atoms with van der Waals surface area (Å²) in [5.41, 5.74) is 11.7. The SMILES string of the molecule is CN1CCN(c2ccc(Nc3nccc(-c4cc(N)cc(OCc5ccccc5)c4)n3)cc2)CC1. The molecule has 0 aliphatic carbocycles. The van der Waals surface area contributed by atoms with E-state index >= 15 is 0 Å². The molecule has 4 aromatic rings. The molecule has 2 heterocycles. The van der Waals surface area contributed by atoms with E-state index in [1.165, 1.54) is 5.69 Å². The maximum atomic E-state index is 6.16. The molecule has 0 atom stereocenters. The molecule has 1 fully saturated rings. The molecule has 0 bridgehead atoms. The van der Waals surface area contributed by atoms with E-state index in [-0.39, 0.29) is 0 Å². The zero-order chi connectivity index (χ0) is 24.0. The van der Waals surface area contributed by atoms with Crippen molar-refractivity contribution in [2.45, 2.75) is 6.61 Å². The van der Waals surface area contributed by atoms with E-state index in [9.17, 15) is 0 Å². The molecule has 35 heavy (non-hydrogen) atoms. The van der Waals surface area contributed by atoms with Gasteiger partial charge in [-0.05, 0) is 55.1 Å². The fraction of sp³-hybridized carbons (Fsp3) is 0.214. The van der Waals surface area contributed by atoms with Gasteiger partial charge in [0.1, 0.15) is 12.4 Å². The lowest BCUT2D eigenvalue weighted by molar-refractivity contribution is 0.306. The second kappa shape index (κ2) is 10.4. The van der Waals surface area contributed by atoms with Crippen LogP contribution in [-0.2, 0) is 6.61 Å². The number of hydrogen-bond acceptors (Lipinski definition) is 7. The monoisotopic (exact) mass is 466 g/mol. The van der Waals surface area contributed by atoms with E-state index in [0.29, 0.717) is 24.0 Å². The average molecular weight is 467 g/mol. The van der Waals surface area contributed by atoms with E-state index in [2.05, 4.69) is 51.4 Å². The highest BCUT2D eigenvalue weighted by Gasteiger charge is 2.14. The Bertz CT molecular complexity index is 1250. The van der Waals surface area contributed by atoms with E-state index in [4.69, 9.17) is 15.5 Å². The van der Waals surface area contributed by atoms with Crippen molar-refractivity contribution in [2.24, 2.45) is 0 Å². The largest absolute Gasteiger partial charge is 0.489 e. The van der Waals surface area contributed by atoms with Gasteiger partial charge in [-0.2, -0.15) is 0 Å². The molecule has 0 unspecified atom stereocenters. The molecule has 0 saturated carbocycles. The lowest BCUT2D eigenvalue weighted by Gasteiger charge is -2.34. The summed E-state index contributed by atoms with van der Waals surface area (Å²) in [5.74, 6) is 1.24. The van der Waals surface area contributed by atoms with Gasteiger partial charge in [-0.15, -0.1) is 0 Å². The number of nitrogens with one attached hydrogen (secondary N) is 1. The van der Waals surface area contributed by atoms with Crippen molar-refractivity contribution in [3.63, 3.8) is 0 Å². The normalized spacial score (nSPS) is 14.0. The number of hydrogen-bond donors (Lipinski definition) is 2. The third kappa shape index (κ3) is 5.88. The third-order valence-electron chi connectivity index (χ3n) is 6.12. The highest BCUT2D eigenvalue weighted by atomic mass is 16.5. The molecule has 7 heteroatoms. The number of nitrogens with two attached hydrogens (primary N) is 1. The predicted molar refractivity (Wildman–Crippen MR) is 142 cm³/mol. The van der Waals surface area contributed by atoms with E-state index < -0.39 is 0 Å². The lowest BCUT2D eigenvalue weighted by Crippen LogP contribution is -2.44. The first-order valence-electron chi connectivity index (χ1n) is 11.8. The molecule has 0 amide bonds. The van der Waals surface area contributed by atoms with Crippen molar-refractivity contribution >= 4 is 23.0 Å². The fourth-order valence-corrected chi connectivity index (χ4v) is 4.12. The molecule has 1 aliphatic rings. The number of anilines is 4. The summed E-state index contributed by atoms with van der Waals surface area (Å²) in [4.78, 5) is 13.9. The molecule has 1 aliphatic heterocycles. The number of benzene rings is 3. The quantitative estimate of drug-likeness (QED) is 0.379. The number of ether oxygens (including phenoxy) is 1. The number of likely N-dealkylation sites (N-methyl/N-ethyl adjacent to an activating group) is 1. The Kier molecular flexibility index (Phi) is 6.77. The van der Waals surface area contributed by atoms with Gasteiger partial charge >= 0.3 is 0 Å². The summed E-state index contributed by atoms with van der Waals surface area (Å²) in [6, 6.07) is 26.0. The Balaban J connectivity index is 1.28. The Morgan fingerprint density at radius 3 is 2.46 bits per heavy atom. The van der Waals surface area contributed by atoms with Crippen LogP contribution >= 0.6 is 0 Å². The van der Waals surface area contributed by atoms with Crippen molar-refractivity contribution in [1.82, 2.24) is 14.9 Å². The Labute approximate surface area is 206 Å². The highest BCUT2D eigenvalue weighted by molar-refractivity contribution is 5.68. The zero-order valence-corrected chi connectivity index (χ0v) is 19.9. The molecule has 3 aromatic carbocycles. The standard InChI is InChI=1S/C28H30N6O/c1-33-13-15-34(16-14-33)25-9-7-24(8-10-25)31-28-30-12-11-27(32-28)22-17-23(29)19-26(18-22)35-20-21-5-3-2-4-6-21/h2-12,17-19H,13-16,20,29H2,1H3,(H,30,31,32). The molecular formula is C28H30N6O. The molecule has 0 spiro atoms. The molecule has 0 radical (unpaired) electrons. The average Bonchev–Trinajstić information content (AvgIpc) is 2.89. The van der Waals surface area contributed by atoms with Crippen molar-refractivity contribution in [3.05, 3.63) is 90.6 Å². The van der Waals surface area contributed by atoms with Gasteiger partial charge in [-0.25, -0.2) is 9.97 Å². The van der Waals surface area contributed by atoms with Gasteiger partial charge in [0.2, 0.25) is 5.95 Å². The summed E-state index contributed by atoms with van der Waals surface area (Å²) in [6.07, 6.45) is 1.75. The first kappa shape index (κ1) is 22.7. The molecule has 5 rings (SSSR count). The maximum Gasteiger partial charge on any atom is 0.227 e. The van der Waals surface area contributed by atoms with Crippen molar-refractivity contribution < 1.29 is 4.74 Å². The summed E-state index contributed by atoms with van der Waals surface area (Å²) in [5, 5.41) is 3.32. The van der Waals surface area contributed by atoms with Crippen LogP contribution in [0.4, 0.5) is 23.0 Å². The smallest absolute Gasteiger partial charge is 0.227 e. The molecule has 1 aromatic heterocycles. The minimum Gasteiger partial charge on any atom is -0.489 e. The lowest BCUT2D eigenvalue weighted by atomic mass is 10.1. The molecule has 3 N–H and O–H groups in total. The predicted octanol–water partition coefficient (Wildman–Crippen LogP) is 4.80. The first-order valence-corrected chi connectivity index (χ1v) is 11.8. The van der Waals surface area contributed by atoms with Crippen molar-refractivity contribution in [1.29, 1.82) is 0 Å². The number of nitrogens with zero attached hydrogens (tertiary/aromatic N) is 4. The fourth-order valence-electron chi connectivity index (χ4n) is 4.12. The number of aromatic nitrogens is 2. The van der Waals surface area contributed by atoms with E-state index in [0.717, 1.165) is 48.7 Å². The highest BCUT2D eigenvalue weighted by Crippen LogP contribution is 2.28. The van der Waals surface area contributed by atoms with Gasteiger partial charge in [0.25, 0.3) is 0 Å². The van der Waals surface area contributed by atoms with Crippen LogP contribution in [0.5, 0.6) is 5.75 Å². The summed E-state index contributed by atoms with van der Waals surface area (Å²) < 4.78 is 5.98. The zero-order valence-electron chi connectivity index (χ0n) is 19.9. The molecule has 7 nitrogen and oxygen atoms in total. The van der Waals surface area contributed by atoms with Crippen molar-refractivity contribution in [3.8, 4) is 17.0 Å². The third-order valence-corrected chi connectivity index (χ3v) is 6.12. The van der Waals surface area contributed by atoms with Crippen molar-refractivity contribution in [2.75, 3.05) is 49.2 Å². The minimum atomic E-state index is 0.477. The van der Waals surface area contributed by atoms with Gasteiger partial charge < -0.3 is 25.6 Å². The molecule has 178 valence electrons. The van der Waals surface area contributed by atoms with Crippen LogP contribution in [0.1, 0.15) is 5.56 Å². The first-order chi connectivity index (χ1) is 17.1. The van der Waals surface area contributed by atoms with Crippen LogP contribution in [-0.4, -0.2) is 48.1 Å². The maximum absolute atomic E-state index is 6.16. The van der Waals surface area contributed by atoms with Gasteiger partial charge in [0.05, 0.1) is 5.69 Å². The van der Waals surface area contributed by atoms with Crippen LogP contribution in [0.2, 0.25) is 0 Å². The van der Waals surface area contributed by atoms with E-state index in [1.54, 1.807) is 6.20 Å². The van der Waals surface area contributed by atoms with Crippen LogP contribution in [0.15, 0.2) is 85.1 Å². The summed E-state index contributed by atoms with van der Waals surface area (Å²) in [7, 11) is 2.17. The van der Waals surface area contributed by atoms with Crippen LogP contribution in [0.3, 0.4) is 0 Å². The Morgan fingerprint density at radius 1 is 0.914 bits per heavy atom. The Hall–Kier alpha value is -4.10. The van der Waals surface area contributed by atoms with Crippen LogP contribution in [0.25, 0.3) is 11.3 Å². The van der Waals surface area contributed by atoms with E-state index in [1.807, 2.05) is 54.6 Å².